The van der Waals surface area contributed by atoms with E-state index >= 15 is 0 Å². The standard InChI is InChI=1S/C21H26ClN3O/c1-14(25-13-24-17-4-2-3-5-18(17)25)19(26)23-12-20-7-15-6-16(8-20)10-21(22,9-15)11-20/h2-5,13-16H,6-12H2,1H3,(H,23,26)/t14-,15-,16-,20?,21?/m1/s1. The number of hydrogen-bond acceptors (Lipinski definition) is 2. The van der Waals surface area contributed by atoms with Gasteiger partial charge in [-0.3, -0.25) is 4.79 Å². The van der Waals surface area contributed by atoms with E-state index in [0.717, 1.165) is 35.8 Å². The van der Waals surface area contributed by atoms with Crippen LogP contribution in [0.2, 0.25) is 0 Å². The lowest BCUT2D eigenvalue weighted by atomic mass is 9.49. The Morgan fingerprint density at radius 2 is 2.04 bits per heavy atom. The molecule has 4 aliphatic rings. The van der Waals surface area contributed by atoms with Crippen LogP contribution in [0.1, 0.15) is 51.5 Å². The Labute approximate surface area is 159 Å². The number of hydrogen-bond donors (Lipinski definition) is 1. The van der Waals surface area contributed by atoms with Crippen LogP contribution in [0.5, 0.6) is 0 Å². The summed E-state index contributed by atoms with van der Waals surface area (Å²) in [7, 11) is 0. The minimum Gasteiger partial charge on any atom is -0.354 e. The Bertz CT molecular complexity index is 846. The van der Waals surface area contributed by atoms with Gasteiger partial charge < -0.3 is 9.88 Å². The second-order valence-corrected chi connectivity index (χ2v) is 9.95. The molecule has 4 saturated carbocycles. The monoisotopic (exact) mass is 371 g/mol. The van der Waals surface area contributed by atoms with Gasteiger partial charge in [0.1, 0.15) is 6.04 Å². The van der Waals surface area contributed by atoms with Gasteiger partial charge in [-0.05, 0) is 74.8 Å². The van der Waals surface area contributed by atoms with Crippen LogP contribution < -0.4 is 5.32 Å². The molecule has 4 fully saturated rings. The Kier molecular flexibility index (Phi) is 3.66. The van der Waals surface area contributed by atoms with Gasteiger partial charge in [-0.25, -0.2) is 4.98 Å². The van der Waals surface area contributed by atoms with E-state index in [1.807, 2.05) is 35.8 Å². The predicted molar refractivity (Wildman–Crippen MR) is 103 cm³/mol. The normalized spacial score (nSPS) is 36.4. The summed E-state index contributed by atoms with van der Waals surface area (Å²) in [5, 5.41) is 3.26. The molecular weight excluding hydrogens is 346 g/mol. The second-order valence-electron chi connectivity index (χ2n) is 9.15. The first-order valence-corrected chi connectivity index (χ1v) is 10.2. The average molecular weight is 372 g/mol. The topological polar surface area (TPSA) is 46.9 Å². The molecule has 0 radical (unpaired) electrons. The third-order valence-corrected chi connectivity index (χ3v) is 7.47. The highest BCUT2D eigenvalue weighted by Crippen LogP contribution is 2.63. The van der Waals surface area contributed by atoms with Crippen molar-refractivity contribution >= 4 is 28.5 Å². The summed E-state index contributed by atoms with van der Waals surface area (Å²) in [6.07, 6.45) is 9.02. The van der Waals surface area contributed by atoms with E-state index in [2.05, 4.69) is 10.3 Å². The highest BCUT2D eigenvalue weighted by atomic mass is 35.5. The number of halogens is 1. The zero-order chi connectivity index (χ0) is 17.9. The Hall–Kier alpha value is -1.55. The first-order chi connectivity index (χ1) is 12.5. The van der Waals surface area contributed by atoms with Gasteiger partial charge in [-0.2, -0.15) is 0 Å². The molecule has 4 aliphatic carbocycles. The van der Waals surface area contributed by atoms with Crippen molar-refractivity contribution in [3.63, 3.8) is 0 Å². The molecule has 138 valence electrons. The van der Waals surface area contributed by atoms with Crippen LogP contribution in [0.4, 0.5) is 0 Å². The van der Waals surface area contributed by atoms with Crippen molar-refractivity contribution in [3.05, 3.63) is 30.6 Å². The fraction of sp³-hybridized carbons (Fsp3) is 0.619. The zero-order valence-corrected chi connectivity index (χ0v) is 16.0. The summed E-state index contributed by atoms with van der Waals surface area (Å²) in [5.41, 5.74) is 2.15. The molecule has 1 aromatic carbocycles. The van der Waals surface area contributed by atoms with E-state index in [0.29, 0.717) is 0 Å². The second kappa shape index (κ2) is 5.72. The molecule has 1 N–H and O–H groups in total. The molecule has 1 heterocycles. The third kappa shape index (κ3) is 2.65. The van der Waals surface area contributed by atoms with E-state index in [9.17, 15) is 4.79 Å². The zero-order valence-electron chi connectivity index (χ0n) is 15.2. The van der Waals surface area contributed by atoms with Crippen molar-refractivity contribution in [1.29, 1.82) is 0 Å². The van der Waals surface area contributed by atoms with E-state index in [-0.39, 0.29) is 22.2 Å². The number of nitrogens with one attached hydrogen (secondary N) is 1. The maximum Gasteiger partial charge on any atom is 0.242 e. The van der Waals surface area contributed by atoms with Gasteiger partial charge in [0.15, 0.2) is 0 Å². The number of benzene rings is 1. The molecule has 0 spiro atoms. The lowest BCUT2D eigenvalue weighted by Gasteiger charge is -2.60. The molecular formula is C21H26ClN3O. The Morgan fingerprint density at radius 1 is 1.31 bits per heavy atom. The van der Waals surface area contributed by atoms with E-state index in [1.165, 1.54) is 32.1 Å². The summed E-state index contributed by atoms with van der Waals surface area (Å²) in [6, 6.07) is 7.69. The first kappa shape index (κ1) is 16.6. The summed E-state index contributed by atoms with van der Waals surface area (Å²) in [5.74, 6) is 1.61. The van der Waals surface area contributed by atoms with Crippen LogP contribution >= 0.6 is 11.6 Å². The third-order valence-electron chi connectivity index (χ3n) is 7.03. The van der Waals surface area contributed by atoms with Crippen LogP contribution in [-0.4, -0.2) is 26.9 Å². The number of carbonyl (C=O) groups is 1. The van der Waals surface area contributed by atoms with Crippen LogP contribution in [0.15, 0.2) is 30.6 Å². The molecule has 4 bridgehead atoms. The van der Waals surface area contributed by atoms with Crippen molar-refractivity contribution in [3.8, 4) is 0 Å². The largest absolute Gasteiger partial charge is 0.354 e. The number of carbonyl (C=O) groups excluding carboxylic acids is 1. The summed E-state index contributed by atoms with van der Waals surface area (Å²) < 4.78 is 1.97. The number of para-hydroxylation sites is 2. The molecule has 6 rings (SSSR count). The summed E-state index contributed by atoms with van der Waals surface area (Å²) in [6.45, 7) is 2.72. The van der Waals surface area contributed by atoms with Gasteiger partial charge in [0.2, 0.25) is 5.91 Å². The quantitative estimate of drug-likeness (QED) is 0.815. The Morgan fingerprint density at radius 3 is 2.77 bits per heavy atom. The van der Waals surface area contributed by atoms with Crippen molar-refractivity contribution < 1.29 is 4.79 Å². The molecule has 0 saturated heterocycles. The van der Waals surface area contributed by atoms with Crippen LogP contribution in [0, 0.1) is 17.3 Å². The smallest absolute Gasteiger partial charge is 0.242 e. The van der Waals surface area contributed by atoms with Gasteiger partial charge in [0.05, 0.1) is 17.4 Å². The van der Waals surface area contributed by atoms with Crippen molar-refractivity contribution in [2.75, 3.05) is 6.54 Å². The number of fused-ring (bicyclic) bond motifs is 1. The van der Waals surface area contributed by atoms with E-state index in [1.54, 1.807) is 6.33 Å². The molecule has 3 atom stereocenters. The molecule has 26 heavy (non-hydrogen) atoms. The predicted octanol–water partition coefficient (Wildman–Crippen LogP) is 4.29. The molecule has 4 nitrogen and oxygen atoms in total. The summed E-state index contributed by atoms with van der Waals surface area (Å²) in [4.78, 5) is 17.3. The van der Waals surface area contributed by atoms with Gasteiger partial charge in [-0.15, -0.1) is 11.6 Å². The number of amides is 1. The molecule has 2 aromatic rings. The van der Waals surface area contributed by atoms with Crippen molar-refractivity contribution in [2.45, 2.75) is 56.4 Å². The number of aromatic nitrogens is 2. The van der Waals surface area contributed by atoms with Crippen molar-refractivity contribution in [2.24, 2.45) is 17.3 Å². The fourth-order valence-electron chi connectivity index (χ4n) is 6.38. The minimum absolute atomic E-state index is 0.000970. The van der Waals surface area contributed by atoms with Crippen molar-refractivity contribution in [1.82, 2.24) is 14.9 Å². The number of rotatable bonds is 4. The molecule has 0 unspecified atom stereocenters. The number of imidazole rings is 1. The minimum atomic E-state index is -0.263. The Balaban J connectivity index is 1.30. The van der Waals surface area contributed by atoms with Gasteiger partial charge >= 0.3 is 0 Å². The molecule has 1 aromatic heterocycles. The number of nitrogens with zero attached hydrogens (tertiary/aromatic N) is 2. The van der Waals surface area contributed by atoms with Gasteiger partial charge in [-0.1, -0.05) is 12.1 Å². The number of alkyl halides is 1. The molecule has 5 heteroatoms. The van der Waals surface area contributed by atoms with Gasteiger partial charge in [0.25, 0.3) is 0 Å². The van der Waals surface area contributed by atoms with Crippen LogP contribution in [0.25, 0.3) is 11.0 Å². The van der Waals surface area contributed by atoms with Crippen LogP contribution in [0.3, 0.4) is 0 Å². The lowest BCUT2D eigenvalue weighted by molar-refractivity contribution is -0.125. The molecule has 1 amide bonds. The van der Waals surface area contributed by atoms with E-state index in [4.69, 9.17) is 11.6 Å². The SMILES string of the molecule is C[C@H](C(=O)NCC12C[C@H]3C[C@@H](CC(Cl)(C3)C1)C2)n1cnc2ccccc21. The molecule has 0 aliphatic heterocycles. The highest BCUT2D eigenvalue weighted by Gasteiger charge is 2.57. The highest BCUT2D eigenvalue weighted by molar-refractivity contribution is 6.24. The van der Waals surface area contributed by atoms with E-state index < -0.39 is 0 Å². The summed E-state index contributed by atoms with van der Waals surface area (Å²) >= 11 is 6.92. The first-order valence-electron chi connectivity index (χ1n) is 9.84. The maximum atomic E-state index is 12.9. The van der Waals surface area contributed by atoms with Crippen LogP contribution in [-0.2, 0) is 4.79 Å². The van der Waals surface area contributed by atoms with Gasteiger partial charge in [0, 0.05) is 11.4 Å². The fourth-order valence-corrected chi connectivity index (χ4v) is 7.10. The lowest BCUT2D eigenvalue weighted by Crippen LogP contribution is -2.56. The maximum absolute atomic E-state index is 12.9. The average Bonchev–Trinajstić information content (AvgIpc) is 3.01.